The van der Waals surface area contributed by atoms with Crippen LogP contribution in [0.3, 0.4) is 0 Å². The summed E-state index contributed by atoms with van der Waals surface area (Å²) >= 11 is 0. The second-order valence-corrected chi connectivity index (χ2v) is 5.49. The molecule has 2 heteroatoms. The van der Waals surface area contributed by atoms with Crippen LogP contribution in [0.2, 0.25) is 0 Å². The molecule has 2 aliphatic rings. The lowest BCUT2D eigenvalue weighted by Gasteiger charge is -2.15. The molecular weight excluding hydrogens is 220 g/mol. The zero-order chi connectivity index (χ0) is 12.2. The molecule has 1 saturated heterocycles. The Kier molecular flexibility index (Phi) is 3.63. The topological polar surface area (TPSA) is 15.6 Å². The van der Waals surface area contributed by atoms with Gasteiger partial charge in [0.2, 0.25) is 0 Å². The predicted octanol–water partition coefficient (Wildman–Crippen LogP) is 3.39. The lowest BCUT2D eigenvalue weighted by Crippen LogP contribution is -2.18. The van der Waals surface area contributed by atoms with Crippen molar-refractivity contribution in [3.63, 3.8) is 0 Å². The van der Waals surface area contributed by atoms with Gasteiger partial charge in [0.1, 0.15) is 0 Å². The number of hydrazone groups is 1. The van der Waals surface area contributed by atoms with Crippen LogP contribution in [-0.2, 0) is 12.8 Å². The molecule has 0 aromatic heterocycles. The fourth-order valence-corrected chi connectivity index (χ4v) is 2.99. The van der Waals surface area contributed by atoms with Gasteiger partial charge >= 0.3 is 0 Å². The number of aryl methyl sites for hydroxylation is 2. The Labute approximate surface area is 110 Å². The normalized spacial score (nSPS) is 20.1. The van der Waals surface area contributed by atoms with Crippen LogP contribution >= 0.6 is 0 Å². The molecule has 1 aliphatic carbocycles. The van der Waals surface area contributed by atoms with Crippen molar-refractivity contribution in [2.24, 2.45) is 5.10 Å². The third-order valence-electron chi connectivity index (χ3n) is 4.08. The minimum Gasteiger partial charge on any atom is -0.297 e. The van der Waals surface area contributed by atoms with Crippen LogP contribution in [0.15, 0.2) is 23.3 Å². The Balaban J connectivity index is 1.67. The van der Waals surface area contributed by atoms with Gasteiger partial charge in [0.05, 0.1) is 6.21 Å². The van der Waals surface area contributed by atoms with Crippen LogP contribution < -0.4 is 0 Å². The van der Waals surface area contributed by atoms with Gasteiger partial charge in [-0.05, 0) is 54.9 Å². The van der Waals surface area contributed by atoms with Gasteiger partial charge in [-0.1, -0.05) is 25.0 Å². The third kappa shape index (κ3) is 2.74. The van der Waals surface area contributed by atoms with Crippen molar-refractivity contribution in [1.29, 1.82) is 0 Å². The van der Waals surface area contributed by atoms with Gasteiger partial charge in [-0.15, -0.1) is 0 Å². The molecule has 2 nitrogen and oxygen atoms in total. The standard InChI is InChI=1S/C16H22N2/c1-2-4-11-18(10-3-1)17-13-14-8-9-15-6-5-7-16(15)12-14/h8-9,12-13H,1-7,10-11H2/b17-13+. The monoisotopic (exact) mass is 242 g/mol. The Bertz CT molecular complexity index is 429. The molecule has 0 amide bonds. The van der Waals surface area contributed by atoms with E-state index in [0.717, 1.165) is 13.1 Å². The van der Waals surface area contributed by atoms with Crippen molar-refractivity contribution in [2.45, 2.75) is 44.9 Å². The highest BCUT2D eigenvalue weighted by atomic mass is 15.4. The van der Waals surface area contributed by atoms with E-state index in [4.69, 9.17) is 0 Å². The summed E-state index contributed by atoms with van der Waals surface area (Å²) in [5, 5.41) is 6.88. The van der Waals surface area contributed by atoms with E-state index in [9.17, 15) is 0 Å². The van der Waals surface area contributed by atoms with Crippen molar-refractivity contribution in [3.05, 3.63) is 34.9 Å². The van der Waals surface area contributed by atoms with Crippen molar-refractivity contribution in [3.8, 4) is 0 Å². The van der Waals surface area contributed by atoms with Gasteiger partial charge in [-0.25, -0.2) is 0 Å². The molecule has 3 rings (SSSR count). The van der Waals surface area contributed by atoms with E-state index in [1.807, 2.05) is 6.21 Å². The van der Waals surface area contributed by atoms with E-state index in [1.165, 1.54) is 56.1 Å². The lowest BCUT2D eigenvalue weighted by molar-refractivity contribution is 0.302. The zero-order valence-corrected chi connectivity index (χ0v) is 11.1. The maximum Gasteiger partial charge on any atom is 0.0543 e. The summed E-state index contributed by atoms with van der Waals surface area (Å²) in [6, 6.07) is 6.82. The molecule has 0 radical (unpaired) electrons. The van der Waals surface area contributed by atoms with Crippen LogP contribution in [0, 0.1) is 0 Å². The van der Waals surface area contributed by atoms with Crippen molar-refractivity contribution < 1.29 is 0 Å². The molecule has 1 aromatic carbocycles. The van der Waals surface area contributed by atoms with Crippen LogP contribution in [0.1, 0.15) is 48.8 Å². The molecule has 1 aliphatic heterocycles. The minimum atomic E-state index is 1.13. The van der Waals surface area contributed by atoms with Gasteiger partial charge in [0, 0.05) is 13.1 Å². The fraction of sp³-hybridized carbons (Fsp3) is 0.562. The summed E-state index contributed by atoms with van der Waals surface area (Å²) in [4.78, 5) is 0. The van der Waals surface area contributed by atoms with Crippen molar-refractivity contribution in [1.82, 2.24) is 5.01 Å². The van der Waals surface area contributed by atoms with Gasteiger partial charge in [-0.2, -0.15) is 5.10 Å². The molecule has 96 valence electrons. The lowest BCUT2D eigenvalue weighted by atomic mass is 10.1. The molecule has 1 aromatic rings. The van der Waals surface area contributed by atoms with Gasteiger partial charge < -0.3 is 0 Å². The maximum atomic E-state index is 4.65. The molecular formula is C16H22N2. The second-order valence-electron chi connectivity index (χ2n) is 5.49. The highest BCUT2D eigenvalue weighted by Crippen LogP contribution is 2.22. The van der Waals surface area contributed by atoms with Crippen LogP contribution in [-0.4, -0.2) is 24.3 Å². The Morgan fingerprint density at radius 2 is 1.67 bits per heavy atom. The maximum absolute atomic E-state index is 4.65. The van der Waals surface area contributed by atoms with E-state index in [0.29, 0.717) is 0 Å². The smallest absolute Gasteiger partial charge is 0.0543 e. The first-order chi connectivity index (χ1) is 8.92. The number of benzene rings is 1. The number of rotatable bonds is 2. The molecule has 0 N–H and O–H groups in total. The molecule has 1 heterocycles. The summed E-state index contributed by atoms with van der Waals surface area (Å²) in [5.74, 6) is 0. The molecule has 0 spiro atoms. The van der Waals surface area contributed by atoms with Gasteiger partial charge in [0.15, 0.2) is 0 Å². The first-order valence-electron chi connectivity index (χ1n) is 7.32. The van der Waals surface area contributed by atoms with Crippen LogP contribution in [0.5, 0.6) is 0 Å². The fourth-order valence-electron chi connectivity index (χ4n) is 2.99. The molecule has 0 unspecified atom stereocenters. The molecule has 0 saturated carbocycles. The van der Waals surface area contributed by atoms with Crippen molar-refractivity contribution in [2.75, 3.05) is 13.1 Å². The number of hydrogen-bond donors (Lipinski definition) is 0. The second kappa shape index (κ2) is 5.55. The molecule has 18 heavy (non-hydrogen) atoms. The van der Waals surface area contributed by atoms with E-state index in [2.05, 4.69) is 28.3 Å². The summed E-state index contributed by atoms with van der Waals surface area (Å²) in [6.45, 7) is 2.25. The Morgan fingerprint density at radius 1 is 0.889 bits per heavy atom. The van der Waals surface area contributed by atoms with E-state index in [-0.39, 0.29) is 0 Å². The highest BCUT2D eigenvalue weighted by Gasteiger charge is 2.10. The number of hydrogen-bond acceptors (Lipinski definition) is 2. The van der Waals surface area contributed by atoms with Crippen LogP contribution in [0.25, 0.3) is 0 Å². The first kappa shape index (κ1) is 11.8. The minimum absolute atomic E-state index is 1.13. The predicted molar refractivity (Wildman–Crippen MR) is 76.1 cm³/mol. The van der Waals surface area contributed by atoms with E-state index >= 15 is 0 Å². The molecule has 0 bridgehead atoms. The number of nitrogens with zero attached hydrogens (tertiary/aromatic N) is 2. The number of fused-ring (bicyclic) bond motifs is 1. The quantitative estimate of drug-likeness (QED) is 0.726. The molecule has 1 fully saturated rings. The third-order valence-corrected chi connectivity index (χ3v) is 4.08. The Hall–Kier alpha value is -1.31. The van der Waals surface area contributed by atoms with E-state index < -0.39 is 0 Å². The summed E-state index contributed by atoms with van der Waals surface area (Å²) in [5.41, 5.74) is 4.34. The first-order valence-corrected chi connectivity index (χ1v) is 7.32. The summed E-state index contributed by atoms with van der Waals surface area (Å²) in [7, 11) is 0. The largest absolute Gasteiger partial charge is 0.297 e. The summed E-state index contributed by atoms with van der Waals surface area (Å²) < 4.78 is 0. The zero-order valence-electron chi connectivity index (χ0n) is 11.1. The SMILES string of the molecule is C(=N\N1CCCCCC1)/c1ccc2c(c1)CCC2. The van der Waals surface area contributed by atoms with E-state index in [1.54, 1.807) is 5.56 Å². The van der Waals surface area contributed by atoms with Crippen LogP contribution in [0.4, 0.5) is 0 Å². The molecule has 0 atom stereocenters. The van der Waals surface area contributed by atoms with Gasteiger partial charge in [0.25, 0.3) is 0 Å². The van der Waals surface area contributed by atoms with Crippen molar-refractivity contribution >= 4 is 6.21 Å². The van der Waals surface area contributed by atoms with Gasteiger partial charge in [-0.3, -0.25) is 5.01 Å². The average Bonchev–Trinajstić information content (AvgIpc) is 2.70. The Morgan fingerprint density at radius 3 is 2.50 bits per heavy atom. The summed E-state index contributed by atoms with van der Waals surface area (Å²) in [6.07, 6.45) is 11.2. The average molecular weight is 242 g/mol. The highest BCUT2D eigenvalue weighted by molar-refractivity contribution is 5.80.